The predicted octanol–water partition coefficient (Wildman–Crippen LogP) is 2.69. The molecule has 17 heavy (non-hydrogen) atoms. The van der Waals surface area contributed by atoms with Crippen molar-refractivity contribution in [1.82, 2.24) is 5.32 Å². The summed E-state index contributed by atoms with van der Waals surface area (Å²) in [5.41, 5.74) is 1.96. The summed E-state index contributed by atoms with van der Waals surface area (Å²) in [6.45, 7) is 5.03. The van der Waals surface area contributed by atoms with Gasteiger partial charge in [0.15, 0.2) is 0 Å². The van der Waals surface area contributed by atoms with Crippen molar-refractivity contribution in [2.45, 2.75) is 26.3 Å². The van der Waals surface area contributed by atoms with Crippen molar-refractivity contribution in [3.8, 4) is 0 Å². The third-order valence-corrected chi connectivity index (χ3v) is 3.77. The van der Waals surface area contributed by atoms with Crippen LogP contribution in [-0.2, 0) is 4.79 Å². The fourth-order valence-corrected chi connectivity index (χ4v) is 2.49. The number of nitrogens with one attached hydrogen (secondary N) is 2. The summed E-state index contributed by atoms with van der Waals surface area (Å²) in [7, 11) is 0. The van der Waals surface area contributed by atoms with Gasteiger partial charge in [-0.05, 0) is 43.5 Å². The molecule has 1 aromatic rings. The molecule has 0 bridgehead atoms. The molecule has 1 amide bonds. The maximum atomic E-state index is 12.1. The molecule has 2 rings (SSSR count). The predicted molar refractivity (Wildman–Crippen MR) is 73.1 cm³/mol. The molecule has 0 aliphatic carbocycles. The van der Waals surface area contributed by atoms with Crippen LogP contribution in [0.25, 0.3) is 0 Å². The SMILES string of the molecule is Cc1ccc(Br)cc1NC(=O)C1NCCC1C. The van der Waals surface area contributed by atoms with Gasteiger partial charge in [-0.25, -0.2) is 0 Å². The van der Waals surface area contributed by atoms with Gasteiger partial charge >= 0.3 is 0 Å². The summed E-state index contributed by atoms with van der Waals surface area (Å²) >= 11 is 3.41. The number of halogens is 1. The van der Waals surface area contributed by atoms with Gasteiger partial charge in [-0.15, -0.1) is 0 Å². The van der Waals surface area contributed by atoms with Gasteiger partial charge in [0.2, 0.25) is 5.91 Å². The lowest BCUT2D eigenvalue weighted by molar-refractivity contribution is -0.118. The van der Waals surface area contributed by atoms with Crippen molar-refractivity contribution in [3.63, 3.8) is 0 Å². The summed E-state index contributed by atoms with van der Waals surface area (Å²) in [6, 6.07) is 5.84. The number of carbonyl (C=O) groups excluding carboxylic acids is 1. The van der Waals surface area contributed by atoms with Crippen LogP contribution in [0.3, 0.4) is 0 Å². The topological polar surface area (TPSA) is 41.1 Å². The number of hydrogen-bond acceptors (Lipinski definition) is 2. The molecule has 1 fully saturated rings. The van der Waals surface area contributed by atoms with E-state index in [0.29, 0.717) is 5.92 Å². The molecule has 1 aliphatic heterocycles. The minimum absolute atomic E-state index is 0.0617. The molecule has 2 N–H and O–H groups in total. The van der Waals surface area contributed by atoms with Crippen molar-refractivity contribution in [3.05, 3.63) is 28.2 Å². The molecule has 2 unspecified atom stereocenters. The second-order valence-corrected chi connectivity index (χ2v) is 5.56. The Hall–Kier alpha value is -0.870. The average Bonchev–Trinajstić information content (AvgIpc) is 2.70. The van der Waals surface area contributed by atoms with Crippen molar-refractivity contribution in [2.75, 3.05) is 11.9 Å². The number of carbonyl (C=O) groups is 1. The molecular weight excluding hydrogens is 280 g/mol. The Bertz CT molecular complexity index is 433. The normalized spacial score (nSPS) is 23.7. The van der Waals surface area contributed by atoms with Gasteiger partial charge in [0.1, 0.15) is 0 Å². The first-order valence-electron chi connectivity index (χ1n) is 5.88. The van der Waals surface area contributed by atoms with E-state index in [1.165, 1.54) is 0 Å². The number of rotatable bonds is 2. The molecule has 1 aliphatic rings. The molecular formula is C13H17BrN2O. The first-order valence-corrected chi connectivity index (χ1v) is 6.67. The Kier molecular flexibility index (Phi) is 3.84. The van der Waals surface area contributed by atoms with Gasteiger partial charge in [-0.1, -0.05) is 28.9 Å². The van der Waals surface area contributed by atoms with Crippen molar-refractivity contribution < 1.29 is 4.79 Å². The second-order valence-electron chi connectivity index (χ2n) is 4.65. The molecule has 92 valence electrons. The average molecular weight is 297 g/mol. The third kappa shape index (κ3) is 2.87. The molecule has 2 atom stereocenters. The van der Waals surface area contributed by atoms with E-state index in [4.69, 9.17) is 0 Å². The van der Waals surface area contributed by atoms with E-state index in [-0.39, 0.29) is 11.9 Å². The third-order valence-electron chi connectivity index (χ3n) is 3.27. The first-order chi connectivity index (χ1) is 8.08. The van der Waals surface area contributed by atoms with Gasteiger partial charge in [0, 0.05) is 10.2 Å². The zero-order chi connectivity index (χ0) is 12.4. The van der Waals surface area contributed by atoms with Crippen molar-refractivity contribution in [2.24, 2.45) is 5.92 Å². The fraction of sp³-hybridized carbons (Fsp3) is 0.462. The Morgan fingerprint density at radius 1 is 1.53 bits per heavy atom. The second kappa shape index (κ2) is 5.19. The van der Waals surface area contributed by atoms with E-state index in [2.05, 4.69) is 33.5 Å². The number of amides is 1. The highest BCUT2D eigenvalue weighted by Crippen LogP contribution is 2.22. The van der Waals surface area contributed by atoms with Crippen LogP contribution >= 0.6 is 15.9 Å². The summed E-state index contributed by atoms with van der Waals surface area (Å²) in [5.74, 6) is 0.471. The van der Waals surface area contributed by atoms with E-state index in [1.54, 1.807) is 0 Å². The lowest BCUT2D eigenvalue weighted by Crippen LogP contribution is -2.39. The highest BCUT2D eigenvalue weighted by atomic mass is 79.9. The van der Waals surface area contributed by atoms with E-state index in [1.807, 2.05) is 25.1 Å². The first kappa shape index (κ1) is 12.6. The van der Waals surface area contributed by atoms with Crippen LogP contribution in [0.4, 0.5) is 5.69 Å². The molecule has 0 aromatic heterocycles. The van der Waals surface area contributed by atoms with E-state index in [9.17, 15) is 4.79 Å². The van der Waals surface area contributed by atoms with Crippen LogP contribution < -0.4 is 10.6 Å². The van der Waals surface area contributed by atoms with Gasteiger partial charge in [-0.2, -0.15) is 0 Å². The maximum Gasteiger partial charge on any atom is 0.241 e. The number of benzene rings is 1. The largest absolute Gasteiger partial charge is 0.324 e. The Morgan fingerprint density at radius 3 is 2.94 bits per heavy atom. The monoisotopic (exact) mass is 296 g/mol. The molecule has 0 saturated carbocycles. The van der Waals surface area contributed by atoms with Crippen LogP contribution in [0.15, 0.2) is 22.7 Å². The van der Waals surface area contributed by atoms with E-state index in [0.717, 1.165) is 28.7 Å². The fourth-order valence-electron chi connectivity index (χ4n) is 2.12. The van der Waals surface area contributed by atoms with E-state index < -0.39 is 0 Å². The minimum Gasteiger partial charge on any atom is -0.324 e. The van der Waals surface area contributed by atoms with Crippen LogP contribution in [-0.4, -0.2) is 18.5 Å². The van der Waals surface area contributed by atoms with Crippen LogP contribution in [0.2, 0.25) is 0 Å². The zero-order valence-corrected chi connectivity index (χ0v) is 11.7. The molecule has 1 heterocycles. The standard InChI is InChI=1S/C13H17BrN2O/c1-8-3-4-10(14)7-11(8)16-13(17)12-9(2)5-6-15-12/h3-4,7,9,12,15H,5-6H2,1-2H3,(H,16,17). The quantitative estimate of drug-likeness (QED) is 0.881. The van der Waals surface area contributed by atoms with Crippen LogP contribution in [0.5, 0.6) is 0 Å². The summed E-state index contributed by atoms with van der Waals surface area (Å²) in [6.07, 6.45) is 1.07. The zero-order valence-electron chi connectivity index (χ0n) is 10.1. The molecule has 0 radical (unpaired) electrons. The molecule has 3 nitrogen and oxygen atoms in total. The smallest absolute Gasteiger partial charge is 0.241 e. The summed E-state index contributed by atoms with van der Waals surface area (Å²) < 4.78 is 0.978. The van der Waals surface area contributed by atoms with Gasteiger partial charge < -0.3 is 10.6 Å². The highest BCUT2D eigenvalue weighted by Gasteiger charge is 2.29. The lowest BCUT2D eigenvalue weighted by atomic mass is 10.0. The molecule has 4 heteroatoms. The maximum absolute atomic E-state index is 12.1. The molecule has 1 aromatic carbocycles. The number of anilines is 1. The molecule has 1 saturated heterocycles. The Labute approximate surface area is 110 Å². The summed E-state index contributed by atoms with van der Waals surface area (Å²) in [5, 5.41) is 6.23. The summed E-state index contributed by atoms with van der Waals surface area (Å²) in [4.78, 5) is 12.1. The lowest BCUT2D eigenvalue weighted by Gasteiger charge is -2.16. The Balaban J connectivity index is 2.10. The van der Waals surface area contributed by atoms with Gasteiger partial charge in [-0.3, -0.25) is 4.79 Å². The van der Waals surface area contributed by atoms with Crippen molar-refractivity contribution >= 4 is 27.5 Å². The van der Waals surface area contributed by atoms with E-state index >= 15 is 0 Å². The molecule has 0 spiro atoms. The Morgan fingerprint density at radius 2 is 2.29 bits per heavy atom. The van der Waals surface area contributed by atoms with Crippen molar-refractivity contribution in [1.29, 1.82) is 0 Å². The number of hydrogen-bond donors (Lipinski definition) is 2. The highest BCUT2D eigenvalue weighted by molar-refractivity contribution is 9.10. The van der Waals surface area contributed by atoms with Crippen LogP contribution in [0, 0.1) is 12.8 Å². The van der Waals surface area contributed by atoms with Gasteiger partial charge in [0.25, 0.3) is 0 Å². The minimum atomic E-state index is -0.0617. The van der Waals surface area contributed by atoms with Gasteiger partial charge in [0.05, 0.1) is 6.04 Å². The number of aryl methyl sites for hydroxylation is 1. The van der Waals surface area contributed by atoms with Crippen LogP contribution in [0.1, 0.15) is 18.9 Å².